The minimum absolute atomic E-state index is 0.549. The van der Waals surface area contributed by atoms with Crippen molar-refractivity contribution in [1.82, 2.24) is 5.32 Å². The Morgan fingerprint density at radius 1 is 1.06 bits per heavy atom. The number of rotatable bonds is 7. The van der Waals surface area contributed by atoms with Gasteiger partial charge in [0.1, 0.15) is 0 Å². The molecule has 0 aromatic rings. The molecule has 0 aliphatic carbocycles. The number of aliphatic hydroxyl groups excluding tert-OH is 2. The zero-order valence-corrected chi connectivity index (χ0v) is 11.1. The summed E-state index contributed by atoms with van der Waals surface area (Å²) in [4.78, 5) is 10.0. The van der Waals surface area contributed by atoms with E-state index in [1.807, 2.05) is 0 Å². The summed E-state index contributed by atoms with van der Waals surface area (Å²) in [6.45, 7) is 2.72. The van der Waals surface area contributed by atoms with Crippen LogP contribution in [0.15, 0.2) is 12.2 Å². The molecule has 104 valence electrons. The summed E-state index contributed by atoms with van der Waals surface area (Å²) in [6.07, 6.45) is 8.81. The Bertz CT molecular complexity index is 161. The molecule has 0 aromatic carbocycles. The number of carboxylic acid groups (broad SMARTS) is 1. The van der Waals surface area contributed by atoms with E-state index in [0.29, 0.717) is 6.54 Å². The molecule has 0 aliphatic rings. The first-order chi connectivity index (χ1) is 8.27. The van der Waals surface area contributed by atoms with E-state index in [9.17, 15) is 4.79 Å². The van der Waals surface area contributed by atoms with Crippen LogP contribution in [0.1, 0.15) is 39.0 Å². The summed E-state index contributed by atoms with van der Waals surface area (Å²) in [5, 5.41) is 24.6. The maximum absolute atomic E-state index is 10.0. The molecule has 0 rings (SSSR count). The standard InChI is InChI=1S/C10H19NO2.2CH4O/c1-2-3-4-5-6-7-8-9-11-10(12)13;2*1-2/h5-6,11H,2-4,7-9H2,1H3,(H,12,13);2*2H,1H3/b6-5+;;. The third-order valence-electron chi connectivity index (χ3n) is 1.71. The lowest BCUT2D eigenvalue weighted by Crippen LogP contribution is -2.21. The zero-order valence-electron chi connectivity index (χ0n) is 11.1. The number of unbranched alkanes of at least 4 members (excludes halogenated alkanes) is 3. The van der Waals surface area contributed by atoms with E-state index >= 15 is 0 Å². The highest BCUT2D eigenvalue weighted by atomic mass is 16.4. The average molecular weight is 249 g/mol. The molecule has 5 nitrogen and oxygen atoms in total. The number of allylic oxidation sites excluding steroid dienone is 2. The summed E-state index contributed by atoms with van der Waals surface area (Å²) in [5.74, 6) is 0. The van der Waals surface area contributed by atoms with E-state index in [-0.39, 0.29) is 0 Å². The first-order valence-electron chi connectivity index (χ1n) is 5.78. The summed E-state index contributed by atoms with van der Waals surface area (Å²) in [7, 11) is 2.00. The van der Waals surface area contributed by atoms with Gasteiger partial charge in [-0.05, 0) is 19.3 Å². The number of carbonyl (C=O) groups is 1. The van der Waals surface area contributed by atoms with Crippen molar-refractivity contribution in [2.45, 2.75) is 39.0 Å². The van der Waals surface area contributed by atoms with E-state index in [1.165, 1.54) is 12.8 Å². The Kier molecular flexibility index (Phi) is 30.3. The molecule has 4 N–H and O–H groups in total. The smallest absolute Gasteiger partial charge is 0.404 e. The quantitative estimate of drug-likeness (QED) is 0.410. The Balaban J connectivity index is -0.000000439. The maximum atomic E-state index is 10.0. The van der Waals surface area contributed by atoms with Crippen molar-refractivity contribution in [3.05, 3.63) is 12.2 Å². The van der Waals surface area contributed by atoms with Crippen LogP contribution in [0, 0.1) is 0 Å². The lowest BCUT2D eigenvalue weighted by molar-refractivity contribution is 0.194. The number of hydrogen-bond donors (Lipinski definition) is 4. The molecular weight excluding hydrogens is 222 g/mol. The van der Waals surface area contributed by atoms with Crippen LogP contribution in [0.5, 0.6) is 0 Å². The highest BCUT2D eigenvalue weighted by Gasteiger charge is 1.90. The number of hydrogen-bond acceptors (Lipinski definition) is 3. The van der Waals surface area contributed by atoms with Crippen molar-refractivity contribution in [3.63, 3.8) is 0 Å². The molecule has 1 amide bonds. The summed E-state index contributed by atoms with van der Waals surface area (Å²) < 4.78 is 0. The molecule has 17 heavy (non-hydrogen) atoms. The second-order valence-electron chi connectivity index (χ2n) is 2.99. The largest absolute Gasteiger partial charge is 0.465 e. The van der Waals surface area contributed by atoms with E-state index in [1.54, 1.807) is 0 Å². The molecule has 0 saturated carbocycles. The molecular formula is C12H27NO4. The van der Waals surface area contributed by atoms with Gasteiger partial charge in [0.05, 0.1) is 0 Å². The van der Waals surface area contributed by atoms with Gasteiger partial charge in [0.15, 0.2) is 0 Å². The van der Waals surface area contributed by atoms with Gasteiger partial charge in [-0.25, -0.2) is 4.79 Å². The van der Waals surface area contributed by atoms with Gasteiger partial charge in [0.2, 0.25) is 0 Å². The van der Waals surface area contributed by atoms with Crippen LogP contribution >= 0.6 is 0 Å². The molecule has 0 bridgehead atoms. The number of amides is 1. The van der Waals surface area contributed by atoms with E-state index < -0.39 is 6.09 Å². The summed E-state index contributed by atoms with van der Waals surface area (Å²) in [6, 6.07) is 0. The van der Waals surface area contributed by atoms with Gasteiger partial charge < -0.3 is 20.6 Å². The molecule has 5 heteroatoms. The Hall–Kier alpha value is -1.07. The average Bonchev–Trinajstić information content (AvgIpc) is 2.37. The predicted octanol–water partition coefficient (Wildman–Crippen LogP) is 2.00. The van der Waals surface area contributed by atoms with E-state index in [0.717, 1.165) is 33.5 Å². The molecule has 0 fully saturated rings. The monoisotopic (exact) mass is 249 g/mol. The van der Waals surface area contributed by atoms with Crippen LogP contribution in [0.4, 0.5) is 4.79 Å². The van der Waals surface area contributed by atoms with Gasteiger partial charge in [-0.15, -0.1) is 0 Å². The van der Waals surface area contributed by atoms with Crippen LogP contribution in [-0.2, 0) is 0 Å². The van der Waals surface area contributed by atoms with Crippen molar-refractivity contribution in [3.8, 4) is 0 Å². The molecule has 0 radical (unpaired) electrons. The Labute approximate surface area is 104 Å². The van der Waals surface area contributed by atoms with Gasteiger partial charge in [-0.3, -0.25) is 0 Å². The van der Waals surface area contributed by atoms with Crippen LogP contribution in [-0.4, -0.2) is 42.2 Å². The summed E-state index contributed by atoms with van der Waals surface area (Å²) >= 11 is 0. The van der Waals surface area contributed by atoms with Gasteiger partial charge in [-0.1, -0.05) is 31.9 Å². The fourth-order valence-electron chi connectivity index (χ4n) is 0.973. The van der Waals surface area contributed by atoms with Gasteiger partial charge in [0, 0.05) is 20.8 Å². The molecule has 0 spiro atoms. The third-order valence-corrected chi connectivity index (χ3v) is 1.71. The molecule has 0 heterocycles. The molecule has 0 atom stereocenters. The summed E-state index contributed by atoms with van der Waals surface area (Å²) in [5.41, 5.74) is 0. The molecule has 0 aliphatic heterocycles. The highest BCUT2D eigenvalue weighted by Crippen LogP contribution is 1.97. The van der Waals surface area contributed by atoms with Crippen LogP contribution < -0.4 is 5.32 Å². The first kappa shape index (κ1) is 21.2. The third kappa shape index (κ3) is 31.3. The lowest BCUT2D eigenvalue weighted by Gasteiger charge is -1.96. The highest BCUT2D eigenvalue weighted by molar-refractivity contribution is 5.64. The number of aliphatic hydroxyl groups is 2. The van der Waals surface area contributed by atoms with E-state index in [4.69, 9.17) is 15.3 Å². The van der Waals surface area contributed by atoms with Crippen molar-refractivity contribution >= 4 is 6.09 Å². The van der Waals surface area contributed by atoms with Crippen molar-refractivity contribution in [2.24, 2.45) is 0 Å². The fourth-order valence-corrected chi connectivity index (χ4v) is 0.973. The predicted molar refractivity (Wildman–Crippen MR) is 70.2 cm³/mol. The van der Waals surface area contributed by atoms with Crippen molar-refractivity contribution < 1.29 is 20.1 Å². The normalized spacial score (nSPS) is 8.76. The van der Waals surface area contributed by atoms with Gasteiger partial charge in [0.25, 0.3) is 0 Å². The Morgan fingerprint density at radius 3 is 1.94 bits per heavy atom. The molecule has 0 saturated heterocycles. The van der Waals surface area contributed by atoms with Crippen LogP contribution in [0.25, 0.3) is 0 Å². The zero-order chi connectivity index (χ0) is 13.9. The van der Waals surface area contributed by atoms with Crippen molar-refractivity contribution in [1.29, 1.82) is 0 Å². The van der Waals surface area contributed by atoms with Gasteiger partial charge >= 0.3 is 6.09 Å². The minimum atomic E-state index is -0.935. The van der Waals surface area contributed by atoms with Crippen molar-refractivity contribution in [2.75, 3.05) is 20.8 Å². The second kappa shape index (κ2) is 24.3. The minimum Gasteiger partial charge on any atom is -0.465 e. The lowest BCUT2D eigenvalue weighted by atomic mass is 10.2. The van der Waals surface area contributed by atoms with Gasteiger partial charge in [-0.2, -0.15) is 0 Å². The SMILES string of the molecule is CCCC/C=C/CCCNC(=O)O.CO.CO. The van der Waals surface area contributed by atoms with E-state index in [2.05, 4.69) is 24.4 Å². The molecule has 0 unspecified atom stereocenters. The fraction of sp³-hybridized carbons (Fsp3) is 0.750. The number of nitrogens with one attached hydrogen (secondary N) is 1. The first-order valence-corrected chi connectivity index (χ1v) is 5.78. The maximum Gasteiger partial charge on any atom is 0.404 e. The molecule has 0 aromatic heterocycles. The topological polar surface area (TPSA) is 89.8 Å². The Morgan fingerprint density at radius 2 is 1.53 bits per heavy atom. The second-order valence-corrected chi connectivity index (χ2v) is 2.99. The van der Waals surface area contributed by atoms with Crippen LogP contribution in [0.3, 0.4) is 0 Å². The van der Waals surface area contributed by atoms with Crippen LogP contribution in [0.2, 0.25) is 0 Å².